The number of aryl methyl sites for hydroxylation is 1. The standard InChI is InChI=1S/C25H17Cl2N3O2S/c1-15-21(22(29-32-15)17-10-5-6-11-18(17)26)24(31)30(14-16-8-3-2-4-9-16)25-28-23-19(27)12-7-13-20(23)33-25/h2-13H,14H2,1H3. The number of hydrogen-bond acceptors (Lipinski definition) is 5. The van der Waals surface area contributed by atoms with Crippen LogP contribution in [0.1, 0.15) is 21.7 Å². The van der Waals surface area contributed by atoms with E-state index in [1.807, 2.05) is 60.7 Å². The van der Waals surface area contributed by atoms with Gasteiger partial charge in [0.2, 0.25) is 0 Å². The molecule has 3 aromatic carbocycles. The van der Waals surface area contributed by atoms with Crippen LogP contribution in [0.5, 0.6) is 0 Å². The summed E-state index contributed by atoms with van der Waals surface area (Å²) in [6.45, 7) is 2.04. The summed E-state index contributed by atoms with van der Waals surface area (Å²) in [5.41, 5.74) is 3.01. The third-order valence-electron chi connectivity index (χ3n) is 5.22. The first kappa shape index (κ1) is 21.6. The molecule has 2 aromatic heterocycles. The fraction of sp³-hybridized carbons (Fsp3) is 0.0800. The first-order chi connectivity index (χ1) is 16.0. The molecule has 1 amide bonds. The highest BCUT2D eigenvalue weighted by molar-refractivity contribution is 7.22. The third-order valence-corrected chi connectivity index (χ3v) is 6.90. The summed E-state index contributed by atoms with van der Waals surface area (Å²) in [5.74, 6) is 0.134. The van der Waals surface area contributed by atoms with Crippen LogP contribution in [0.2, 0.25) is 10.0 Å². The summed E-state index contributed by atoms with van der Waals surface area (Å²) in [6, 6.07) is 22.6. The average Bonchev–Trinajstić information content (AvgIpc) is 3.42. The lowest BCUT2D eigenvalue weighted by atomic mass is 10.0. The Morgan fingerprint density at radius 2 is 1.70 bits per heavy atom. The fourth-order valence-electron chi connectivity index (χ4n) is 3.61. The number of hydrogen-bond donors (Lipinski definition) is 0. The monoisotopic (exact) mass is 493 g/mol. The van der Waals surface area contributed by atoms with Crippen molar-refractivity contribution in [1.29, 1.82) is 0 Å². The summed E-state index contributed by atoms with van der Waals surface area (Å²) in [6.07, 6.45) is 0. The summed E-state index contributed by atoms with van der Waals surface area (Å²) < 4.78 is 6.35. The van der Waals surface area contributed by atoms with Crippen LogP contribution in [0.25, 0.3) is 21.5 Å². The van der Waals surface area contributed by atoms with Gasteiger partial charge in [-0.2, -0.15) is 0 Å². The van der Waals surface area contributed by atoms with Crippen molar-refractivity contribution in [2.45, 2.75) is 13.5 Å². The van der Waals surface area contributed by atoms with E-state index in [0.717, 1.165) is 10.3 Å². The molecule has 0 spiro atoms. The van der Waals surface area contributed by atoms with Gasteiger partial charge in [-0.25, -0.2) is 4.98 Å². The molecule has 0 N–H and O–H groups in total. The topological polar surface area (TPSA) is 59.2 Å². The number of aromatic nitrogens is 2. The molecule has 0 aliphatic heterocycles. The predicted molar refractivity (Wildman–Crippen MR) is 133 cm³/mol. The number of halogens is 2. The van der Waals surface area contributed by atoms with Crippen LogP contribution < -0.4 is 4.90 Å². The molecule has 2 heterocycles. The molecular weight excluding hydrogens is 477 g/mol. The van der Waals surface area contributed by atoms with E-state index in [4.69, 9.17) is 32.7 Å². The highest BCUT2D eigenvalue weighted by Crippen LogP contribution is 2.37. The number of fused-ring (bicyclic) bond motifs is 1. The van der Waals surface area contributed by atoms with Crippen molar-refractivity contribution in [3.8, 4) is 11.3 Å². The Bertz CT molecular complexity index is 1460. The Morgan fingerprint density at radius 1 is 0.970 bits per heavy atom. The zero-order valence-electron chi connectivity index (χ0n) is 17.5. The second-order valence-corrected chi connectivity index (χ2v) is 9.23. The first-order valence-electron chi connectivity index (χ1n) is 10.1. The Hall–Kier alpha value is -3.19. The second kappa shape index (κ2) is 8.98. The molecule has 5 aromatic rings. The molecule has 0 unspecified atom stereocenters. The lowest BCUT2D eigenvalue weighted by Gasteiger charge is -2.20. The van der Waals surface area contributed by atoms with Gasteiger partial charge in [-0.15, -0.1) is 0 Å². The molecule has 0 aliphatic carbocycles. The Labute approximate surface area is 204 Å². The molecule has 0 saturated carbocycles. The largest absolute Gasteiger partial charge is 0.360 e. The van der Waals surface area contributed by atoms with Crippen LogP contribution in [0, 0.1) is 6.92 Å². The lowest BCUT2D eigenvalue weighted by molar-refractivity contribution is 0.0984. The Balaban J connectivity index is 1.64. The number of thiazole rings is 1. The van der Waals surface area contributed by atoms with Gasteiger partial charge in [-0.05, 0) is 30.7 Å². The molecular formula is C25H17Cl2N3O2S. The minimum absolute atomic E-state index is 0.275. The van der Waals surface area contributed by atoms with Crippen LogP contribution in [0.4, 0.5) is 5.13 Å². The van der Waals surface area contributed by atoms with E-state index in [-0.39, 0.29) is 5.91 Å². The van der Waals surface area contributed by atoms with Crippen LogP contribution in [-0.2, 0) is 6.54 Å². The van der Waals surface area contributed by atoms with E-state index in [1.54, 1.807) is 24.0 Å². The Kier molecular flexibility index (Phi) is 5.89. The molecule has 8 heteroatoms. The molecule has 0 aliphatic rings. The molecule has 0 bridgehead atoms. The summed E-state index contributed by atoms with van der Waals surface area (Å²) in [4.78, 5) is 20.4. The maximum absolute atomic E-state index is 14.0. The quantitative estimate of drug-likeness (QED) is 0.255. The minimum atomic E-state index is -0.275. The van der Waals surface area contributed by atoms with E-state index >= 15 is 0 Å². The lowest BCUT2D eigenvalue weighted by Crippen LogP contribution is -2.31. The van der Waals surface area contributed by atoms with Crippen LogP contribution in [-0.4, -0.2) is 16.0 Å². The number of rotatable bonds is 5. The molecule has 5 nitrogen and oxygen atoms in total. The zero-order valence-corrected chi connectivity index (χ0v) is 19.8. The van der Waals surface area contributed by atoms with Gasteiger partial charge in [-0.3, -0.25) is 9.69 Å². The average molecular weight is 494 g/mol. The SMILES string of the molecule is Cc1onc(-c2ccccc2Cl)c1C(=O)N(Cc1ccccc1)c1nc2c(Cl)cccc2s1. The van der Waals surface area contributed by atoms with Gasteiger partial charge < -0.3 is 4.52 Å². The fourth-order valence-corrected chi connectivity index (χ4v) is 5.10. The maximum atomic E-state index is 14.0. The highest BCUT2D eigenvalue weighted by atomic mass is 35.5. The van der Waals surface area contributed by atoms with E-state index in [2.05, 4.69) is 5.16 Å². The third kappa shape index (κ3) is 4.13. The molecule has 33 heavy (non-hydrogen) atoms. The summed E-state index contributed by atoms with van der Waals surface area (Å²) in [7, 11) is 0. The van der Waals surface area contributed by atoms with Crippen LogP contribution in [0.3, 0.4) is 0 Å². The van der Waals surface area contributed by atoms with Gasteiger partial charge in [0.15, 0.2) is 5.13 Å². The normalized spacial score (nSPS) is 11.1. The van der Waals surface area contributed by atoms with Crippen molar-refractivity contribution in [3.63, 3.8) is 0 Å². The summed E-state index contributed by atoms with van der Waals surface area (Å²) in [5, 5.41) is 5.73. The van der Waals surface area contributed by atoms with Crippen molar-refractivity contribution in [2.24, 2.45) is 0 Å². The number of benzene rings is 3. The number of carbonyl (C=O) groups excluding carboxylic acids is 1. The van der Waals surface area contributed by atoms with Crippen LogP contribution in [0.15, 0.2) is 77.3 Å². The zero-order chi connectivity index (χ0) is 22.9. The van der Waals surface area contributed by atoms with Crippen molar-refractivity contribution < 1.29 is 9.32 Å². The van der Waals surface area contributed by atoms with Gasteiger partial charge in [0.1, 0.15) is 22.5 Å². The van der Waals surface area contributed by atoms with Gasteiger partial charge in [-0.1, -0.05) is 94.3 Å². The van der Waals surface area contributed by atoms with E-state index in [9.17, 15) is 4.79 Å². The highest BCUT2D eigenvalue weighted by Gasteiger charge is 2.30. The van der Waals surface area contributed by atoms with Gasteiger partial charge in [0.05, 0.1) is 21.3 Å². The molecule has 0 fully saturated rings. The molecule has 5 rings (SSSR count). The van der Waals surface area contributed by atoms with Crippen LogP contribution >= 0.6 is 34.5 Å². The first-order valence-corrected chi connectivity index (χ1v) is 11.7. The van der Waals surface area contributed by atoms with Crippen molar-refractivity contribution in [2.75, 3.05) is 4.90 Å². The van der Waals surface area contributed by atoms with Gasteiger partial charge in [0, 0.05) is 5.56 Å². The molecule has 164 valence electrons. The van der Waals surface area contributed by atoms with E-state index in [0.29, 0.717) is 49.8 Å². The minimum Gasteiger partial charge on any atom is -0.360 e. The number of para-hydroxylation sites is 1. The van der Waals surface area contributed by atoms with E-state index < -0.39 is 0 Å². The Morgan fingerprint density at radius 3 is 2.45 bits per heavy atom. The van der Waals surface area contributed by atoms with E-state index in [1.165, 1.54) is 11.3 Å². The number of anilines is 1. The van der Waals surface area contributed by atoms with Crippen molar-refractivity contribution in [3.05, 3.63) is 99.7 Å². The van der Waals surface area contributed by atoms with Crippen molar-refractivity contribution >= 4 is 55.8 Å². The molecule has 0 radical (unpaired) electrons. The number of nitrogens with zero attached hydrogens (tertiary/aromatic N) is 3. The van der Waals surface area contributed by atoms with Crippen molar-refractivity contribution in [1.82, 2.24) is 10.1 Å². The summed E-state index contributed by atoms with van der Waals surface area (Å²) >= 11 is 14.2. The molecule has 0 atom stereocenters. The second-order valence-electron chi connectivity index (χ2n) is 7.40. The smallest absolute Gasteiger partial charge is 0.266 e. The maximum Gasteiger partial charge on any atom is 0.266 e. The van der Waals surface area contributed by atoms with Gasteiger partial charge in [0.25, 0.3) is 5.91 Å². The number of amides is 1. The number of carbonyl (C=O) groups is 1. The predicted octanol–water partition coefficient (Wildman–Crippen LogP) is 7.41. The molecule has 0 saturated heterocycles. The van der Waals surface area contributed by atoms with Gasteiger partial charge >= 0.3 is 0 Å².